The van der Waals surface area contributed by atoms with Gasteiger partial charge in [-0.2, -0.15) is 8.42 Å². The van der Waals surface area contributed by atoms with Crippen LogP contribution >= 0.6 is 0 Å². The smallest absolute Gasteiger partial charge is 0.306 e. The van der Waals surface area contributed by atoms with E-state index in [2.05, 4.69) is 26.0 Å². The number of ether oxygens (including phenoxy) is 4. The zero-order valence-electron chi connectivity index (χ0n) is 31.5. The average Bonchev–Trinajstić information content (AvgIpc) is 3.09. The topological polar surface area (TPSA) is 186 Å². The van der Waals surface area contributed by atoms with E-state index in [0.717, 1.165) is 38.5 Å². The SMILES string of the molecule is CCCCCCCCCCC/C=C/CCCCC(=O)OC[C@H](CO[C@H]1O[C@H](CS(=O)(=O)O)[C@@H](O)C(O)C1O)OC(=O)CCCCCCCCCC. The van der Waals surface area contributed by atoms with Crippen molar-refractivity contribution in [3.8, 4) is 0 Å². The first-order chi connectivity index (χ1) is 24.5. The summed E-state index contributed by atoms with van der Waals surface area (Å²) in [5.41, 5.74) is 0. The molecule has 0 saturated carbocycles. The van der Waals surface area contributed by atoms with Crippen molar-refractivity contribution in [3.63, 3.8) is 0 Å². The molecular formula is C38H70O12S. The number of rotatable bonds is 32. The Morgan fingerprint density at radius 2 is 1.12 bits per heavy atom. The highest BCUT2D eigenvalue weighted by Gasteiger charge is 2.46. The number of esters is 2. The van der Waals surface area contributed by atoms with Crippen molar-refractivity contribution >= 4 is 22.1 Å². The predicted molar refractivity (Wildman–Crippen MR) is 197 cm³/mol. The third-order valence-electron chi connectivity index (χ3n) is 9.10. The molecule has 0 radical (unpaired) electrons. The number of hydrogen-bond donors (Lipinski definition) is 4. The number of allylic oxidation sites excluding steroid dienone is 2. The molecule has 51 heavy (non-hydrogen) atoms. The molecule has 12 nitrogen and oxygen atoms in total. The van der Waals surface area contributed by atoms with Gasteiger partial charge in [0.1, 0.15) is 36.8 Å². The number of unbranched alkanes of at least 4 members (excludes halogenated alkanes) is 18. The van der Waals surface area contributed by atoms with Gasteiger partial charge in [-0.05, 0) is 38.5 Å². The minimum absolute atomic E-state index is 0.163. The van der Waals surface area contributed by atoms with Crippen LogP contribution in [-0.4, -0.2) is 96.0 Å². The summed E-state index contributed by atoms with van der Waals surface area (Å²) in [5, 5.41) is 30.7. The van der Waals surface area contributed by atoms with E-state index in [1.165, 1.54) is 83.5 Å². The third kappa shape index (κ3) is 25.1. The Bertz CT molecular complexity index is 1020. The molecule has 300 valence electrons. The number of aliphatic hydroxyl groups is 3. The molecular weight excluding hydrogens is 680 g/mol. The van der Waals surface area contributed by atoms with Gasteiger partial charge in [-0.15, -0.1) is 0 Å². The van der Waals surface area contributed by atoms with Gasteiger partial charge in [0.05, 0.1) is 6.61 Å². The maximum Gasteiger partial charge on any atom is 0.306 e. The number of hydrogen-bond acceptors (Lipinski definition) is 11. The van der Waals surface area contributed by atoms with E-state index in [4.69, 9.17) is 18.9 Å². The van der Waals surface area contributed by atoms with Gasteiger partial charge in [-0.1, -0.05) is 122 Å². The molecule has 0 bridgehead atoms. The molecule has 1 fully saturated rings. The van der Waals surface area contributed by atoms with Gasteiger partial charge in [-0.25, -0.2) is 0 Å². The van der Waals surface area contributed by atoms with E-state index >= 15 is 0 Å². The summed E-state index contributed by atoms with van der Waals surface area (Å²) >= 11 is 0. The summed E-state index contributed by atoms with van der Waals surface area (Å²) in [6.07, 6.45) is 18.7. The Kier molecular flexibility index (Phi) is 27.7. The van der Waals surface area contributed by atoms with E-state index < -0.39 is 71.2 Å². The maximum atomic E-state index is 12.6. The van der Waals surface area contributed by atoms with Gasteiger partial charge in [0.25, 0.3) is 10.1 Å². The van der Waals surface area contributed by atoms with E-state index in [0.29, 0.717) is 12.8 Å². The van der Waals surface area contributed by atoms with Crippen LogP contribution in [0.4, 0.5) is 0 Å². The lowest BCUT2D eigenvalue weighted by Gasteiger charge is -2.40. The van der Waals surface area contributed by atoms with Crippen LogP contribution in [0.25, 0.3) is 0 Å². The second kappa shape index (κ2) is 29.8. The Labute approximate surface area is 307 Å². The molecule has 0 aromatic carbocycles. The number of carbonyl (C=O) groups excluding carboxylic acids is 2. The summed E-state index contributed by atoms with van der Waals surface area (Å²) in [5.74, 6) is -2.01. The zero-order chi connectivity index (χ0) is 37.7. The molecule has 1 heterocycles. The minimum atomic E-state index is -4.59. The number of carbonyl (C=O) groups is 2. The molecule has 1 aliphatic rings. The standard InChI is InChI=1S/C38H70O12S/c1-3-5-7-9-11-13-14-15-16-17-18-19-21-22-24-26-33(39)47-28-31(49-34(40)27-25-23-20-12-10-8-6-4-2)29-48-38-37(43)36(42)35(41)32(50-38)30-51(44,45)46/h18-19,31-32,35-38,41-43H,3-17,20-30H2,1-2H3,(H,44,45,46)/b19-18+/t31-,32-,35-,36?,37?,38+/m1/s1. The van der Waals surface area contributed by atoms with Gasteiger partial charge >= 0.3 is 11.9 Å². The van der Waals surface area contributed by atoms with Crippen LogP contribution in [0.1, 0.15) is 162 Å². The largest absolute Gasteiger partial charge is 0.462 e. The van der Waals surface area contributed by atoms with Crippen molar-refractivity contribution < 1.29 is 56.8 Å². The molecule has 1 saturated heterocycles. The Morgan fingerprint density at radius 1 is 0.647 bits per heavy atom. The molecule has 1 aliphatic heterocycles. The lowest BCUT2D eigenvalue weighted by atomic mass is 10.00. The van der Waals surface area contributed by atoms with Gasteiger partial charge in [0.2, 0.25) is 0 Å². The second-order valence-corrected chi connectivity index (χ2v) is 15.4. The summed E-state index contributed by atoms with van der Waals surface area (Å²) in [7, 11) is -4.59. The lowest BCUT2D eigenvalue weighted by molar-refractivity contribution is -0.297. The van der Waals surface area contributed by atoms with Crippen LogP contribution in [0.15, 0.2) is 12.2 Å². The van der Waals surface area contributed by atoms with E-state index in [-0.39, 0.29) is 19.4 Å². The van der Waals surface area contributed by atoms with Crippen molar-refractivity contribution in [2.24, 2.45) is 0 Å². The lowest BCUT2D eigenvalue weighted by Crippen LogP contribution is -2.60. The average molecular weight is 751 g/mol. The van der Waals surface area contributed by atoms with Gasteiger partial charge in [0, 0.05) is 12.8 Å². The van der Waals surface area contributed by atoms with Crippen LogP contribution in [-0.2, 0) is 38.7 Å². The predicted octanol–water partition coefficient (Wildman–Crippen LogP) is 6.72. The Hall–Kier alpha value is -1.61. The van der Waals surface area contributed by atoms with Gasteiger partial charge < -0.3 is 34.3 Å². The van der Waals surface area contributed by atoms with Gasteiger partial charge in [-0.3, -0.25) is 14.1 Å². The molecule has 1 rings (SSSR count). The molecule has 0 aliphatic carbocycles. The van der Waals surface area contributed by atoms with Gasteiger partial charge in [0.15, 0.2) is 12.4 Å². The van der Waals surface area contributed by atoms with Crippen LogP contribution in [0.5, 0.6) is 0 Å². The summed E-state index contributed by atoms with van der Waals surface area (Å²) in [4.78, 5) is 25.1. The zero-order valence-corrected chi connectivity index (χ0v) is 32.3. The molecule has 13 heteroatoms. The normalized spacial score (nSPS) is 21.6. The van der Waals surface area contributed by atoms with Crippen LogP contribution in [0.3, 0.4) is 0 Å². The van der Waals surface area contributed by atoms with Crippen molar-refractivity contribution in [1.29, 1.82) is 0 Å². The molecule has 0 aromatic rings. The Balaban J connectivity index is 2.49. The van der Waals surface area contributed by atoms with Crippen LogP contribution < -0.4 is 0 Å². The molecule has 6 atom stereocenters. The molecule has 4 N–H and O–H groups in total. The van der Waals surface area contributed by atoms with Crippen molar-refractivity contribution in [3.05, 3.63) is 12.2 Å². The van der Waals surface area contributed by atoms with Crippen molar-refractivity contribution in [1.82, 2.24) is 0 Å². The number of aliphatic hydroxyl groups excluding tert-OH is 3. The summed E-state index contributed by atoms with van der Waals surface area (Å²) < 4.78 is 53.7. The fourth-order valence-electron chi connectivity index (χ4n) is 5.96. The second-order valence-electron chi connectivity index (χ2n) is 14.0. The maximum absolute atomic E-state index is 12.6. The third-order valence-corrected chi connectivity index (χ3v) is 9.85. The van der Waals surface area contributed by atoms with Crippen molar-refractivity contribution in [2.75, 3.05) is 19.0 Å². The summed E-state index contributed by atoms with van der Waals surface area (Å²) in [6, 6.07) is 0. The first-order valence-electron chi connectivity index (χ1n) is 19.7. The molecule has 0 spiro atoms. The highest BCUT2D eigenvalue weighted by molar-refractivity contribution is 7.85. The Morgan fingerprint density at radius 3 is 1.67 bits per heavy atom. The van der Waals surface area contributed by atoms with E-state index in [1.807, 2.05) is 0 Å². The first-order valence-corrected chi connectivity index (χ1v) is 21.4. The quantitative estimate of drug-likeness (QED) is 0.0247. The van der Waals surface area contributed by atoms with E-state index in [1.54, 1.807) is 0 Å². The molecule has 2 unspecified atom stereocenters. The highest BCUT2D eigenvalue weighted by atomic mass is 32.2. The monoisotopic (exact) mass is 750 g/mol. The fourth-order valence-corrected chi connectivity index (χ4v) is 6.65. The fraction of sp³-hybridized carbons (Fsp3) is 0.895. The molecule has 0 aromatic heterocycles. The van der Waals surface area contributed by atoms with Crippen molar-refractivity contribution in [2.45, 2.75) is 198 Å². The summed E-state index contributed by atoms with van der Waals surface area (Å²) in [6.45, 7) is 3.68. The molecule has 0 amide bonds. The minimum Gasteiger partial charge on any atom is -0.462 e. The van der Waals surface area contributed by atoms with Crippen LogP contribution in [0.2, 0.25) is 0 Å². The highest BCUT2D eigenvalue weighted by Crippen LogP contribution is 2.24. The van der Waals surface area contributed by atoms with E-state index in [9.17, 15) is 37.9 Å². The first kappa shape index (κ1) is 47.4. The van der Waals surface area contributed by atoms with Crippen LogP contribution in [0, 0.1) is 0 Å².